The van der Waals surface area contributed by atoms with Crippen molar-refractivity contribution in [2.24, 2.45) is 0 Å². The van der Waals surface area contributed by atoms with Gasteiger partial charge in [-0.2, -0.15) is 0 Å². The Hall–Kier alpha value is -0.630. The number of ether oxygens (including phenoxy) is 2. The highest BCUT2D eigenvalue weighted by atomic mass is 79.9. The molecule has 0 saturated carbocycles. The zero-order chi connectivity index (χ0) is 15.7. The fraction of sp³-hybridized carbons (Fsp3) is 0.500. The molecule has 0 aliphatic heterocycles. The first-order valence-corrected chi connectivity index (χ1v) is 8.15. The summed E-state index contributed by atoms with van der Waals surface area (Å²) in [5.41, 5.74) is 1.11. The molecule has 2 N–H and O–H groups in total. The molecule has 1 aromatic rings. The van der Waals surface area contributed by atoms with E-state index in [-0.39, 0.29) is 5.91 Å². The number of benzene rings is 1. The van der Waals surface area contributed by atoms with Gasteiger partial charge in [-0.15, -0.1) is 0 Å². The van der Waals surface area contributed by atoms with Crippen molar-refractivity contribution >= 4 is 37.8 Å². The quantitative estimate of drug-likeness (QED) is 0.599. The van der Waals surface area contributed by atoms with E-state index in [1.165, 1.54) is 0 Å². The summed E-state index contributed by atoms with van der Waals surface area (Å²) in [6.07, 6.45) is 0.447. The maximum atomic E-state index is 11.5. The molecule has 0 saturated heterocycles. The van der Waals surface area contributed by atoms with Crippen molar-refractivity contribution in [2.45, 2.75) is 13.0 Å². The van der Waals surface area contributed by atoms with Gasteiger partial charge in [-0.1, -0.05) is 0 Å². The van der Waals surface area contributed by atoms with Gasteiger partial charge in [-0.25, -0.2) is 0 Å². The molecule has 0 fully saturated rings. The molecule has 0 bridgehead atoms. The molecule has 1 aromatic carbocycles. The van der Waals surface area contributed by atoms with Gasteiger partial charge in [0.15, 0.2) is 0 Å². The van der Waals surface area contributed by atoms with Crippen molar-refractivity contribution in [3.8, 4) is 5.75 Å². The van der Waals surface area contributed by atoms with Gasteiger partial charge in [0, 0.05) is 33.2 Å². The van der Waals surface area contributed by atoms with E-state index < -0.39 is 0 Å². The summed E-state index contributed by atoms with van der Waals surface area (Å²) < 4.78 is 11.9. The maximum absolute atomic E-state index is 11.5. The number of amides is 1. The van der Waals surface area contributed by atoms with Crippen molar-refractivity contribution in [3.05, 3.63) is 26.6 Å². The van der Waals surface area contributed by atoms with Gasteiger partial charge in [-0.3, -0.25) is 4.79 Å². The highest BCUT2D eigenvalue weighted by molar-refractivity contribution is 9.11. The summed E-state index contributed by atoms with van der Waals surface area (Å²) >= 11 is 6.93. The summed E-state index contributed by atoms with van der Waals surface area (Å²) in [7, 11) is 3.24. The lowest BCUT2D eigenvalue weighted by Gasteiger charge is -2.10. The molecule has 0 radical (unpaired) electrons. The summed E-state index contributed by atoms with van der Waals surface area (Å²) in [5.74, 6) is 0.799. The molecule has 0 aliphatic rings. The Balaban J connectivity index is 2.31. The van der Waals surface area contributed by atoms with Crippen LogP contribution in [-0.2, 0) is 16.1 Å². The number of rotatable bonds is 9. The minimum atomic E-state index is 0.0247. The van der Waals surface area contributed by atoms with Gasteiger partial charge in [0.05, 0.1) is 22.7 Å². The van der Waals surface area contributed by atoms with Crippen molar-refractivity contribution in [3.63, 3.8) is 0 Å². The highest BCUT2D eigenvalue weighted by Crippen LogP contribution is 2.34. The number of hydrogen-bond acceptors (Lipinski definition) is 4. The zero-order valence-corrected chi connectivity index (χ0v) is 15.3. The van der Waals surface area contributed by atoms with E-state index in [1.807, 2.05) is 12.1 Å². The largest absolute Gasteiger partial charge is 0.494 e. The maximum Gasteiger partial charge on any atom is 0.221 e. The standard InChI is InChI=1S/C14H20Br2N2O3/c1-20-6-5-18-13(19)3-4-17-9-10-7-11(15)14(21-2)12(16)8-10/h7-8,17H,3-6,9H2,1-2H3,(H,18,19). The van der Waals surface area contributed by atoms with Crippen molar-refractivity contribution < 1.29 is 14.3 Å². The van der Waals surface area contributed by atoms with E-state index in [1.54, 1.807) is 14.2 Å². The minimum Gasteiger partial charge on any atom is -0.494 e. The SMILES string of the molecule is COCCNC(=O)CCNCc1cc(Br)c(OC)c(Br)c1. The zero-order valence-electron chi connectivity index (χ0n) is 12.2. The van der Waals surface area contributed by atoms with Crippen molar-refractivity contribution in [2.75, 3.05) is 33.9 Å². The summed E-state index contributed by atoms with van der Waals surface area (Å²) in [4.78, 5) is 11.5. The third kappa shape index (κ3) is 6.78. The molecule has 0 heterocycles. The van der Waals surface area contributed by atoms with Crippen LogP contribution in [0.5, 0.6) is 5.75 Å². The fourth-order valence-corrected chi connectivity index (χ4v) is 3.33. The molecule has 0 atom stereocenters. The van der Waals surface area contributed by atoms with Gasteiger partial charge >= 0.3 is 0 Å². The van der Waals surface area contributed by atoms with Crippen LogP contribution >= 0.6 is 31.9 Å². The first kappa shape index (κ1) is 18.4. The highest BCUT2D eigenvalue weighted by Gasteiger charge is 2.07. The second-order valence-corrected chi connectivity index (χ2v) is 6.07. The van der Waals surface area contributed by atoms with Gasteiger partial charge in [0.2, 0.25) is 5.91 Å². The van der Waals surface area contributed by atoms with Crippen LogP contribution in [0.2, 0.25) is 0 Å². The van der Waals surface area contributed by atoms with E-state index in [4.69, 9.17) is 9.47 Å². The number of carbonyl (C=O) groups excluding carboxylic acids is 1. The average molecular weight is 424 g/mol. The van der Waals surface area contributed by atoms with E-state index in [9.17, 15) is 4.79 Å². The van der Waals surface area contributed by atoms with Crippen molar-refractivity contribution in [1.29, 1.82) is 0 Å². The Morgan fingerprint density at radius 3 is 2.43 bits per heavy atom. The van der Waals surface area contributed by atoms with Crippen LogP contribution in [0.25, 0.3) is 0 Å². The van der Waals surface area contributed by atoms with E-state index in [0.29, 0.717) is 32.7 Å². The van der Waals surface area contributed by atoms with Gasteiger partial charge in [-0.05, 0) is 49.6 Å². The monoisotopic (exact) mass is 422 g/mol. The number of halogens is 2. The predicted octanol–water partition coefficient (Wildman–Crippen LogP) is 2.46. The van der Waals surface area contributed by atoms with Gasteiger partial charge in [0.1, 0.15) is 5.75 Å². The summed E-state index contributed by atoms with van der Waals surface area (Å²) in [6, 6.07) is 3.99. The average Bonchev–Trinajstić information content (AvgIpc) is 2.44. The molecule has 21 heavy (non-hydrogen) atoms. The second kappa shape index (κ2) is 10.2. The Bertz CT molecular complexity index is 447. The third-order valence-corrected chi connectivity index (χ3v) is 3.93. The van der Waals surface area contributed by atoms with Crippen LogP contribution in [0.15, 0.2) is 21.1 Å². The topological polar surface area (TPSA) is 59.6 Å². The minimum absolute atomic E-state index is 0.0247. The molecule has 1 amide bonds. The molecule has 0 unspecified atom stereocenters. The molecule has 7 heteroatoms. The number of carbonyl (C=O) groups is 1. The Morgan fingerprint density at radius 1 is 1.19 bits per heavy atom. The van der Waals surface area contributed by atoms with Crippen LogP contribution in [0.4, 0.5) is 0 Å². The van der Waals surface area contributed by atoms with E-state index in [0.717, 1.165) is 20.3 Å². The molecular formula is C14H20Br2N2O3. The summed E-state index contributed by atoms with van der Waals surface area (Å²) in [6.45, 7) is 2.40. The Labute approximate surface area is 142 Å². The van der Waals surface area contributed by atoms with Gasteiger partial charge < -0.3 is 20.1 Å². The lowest BCUT2D eigenvalue weighted by molar-refractivity contribution is -0.121. The molecule has 5 nitrogen and oxygen atoms in total. The molecule has 118 valence electrons. The lowest BCUT2D eigenvalue weighted by atomic mass is 10.2. The van der Waals surface area contributed by atoms with Crippen molar-refractivity contribution in [1.82, 2.24) is 10.6 Å². The molecule has 1 rings (SSSR count). The molecule has 0 aliphatic carbocycles. The predicted molar refractivity (Wildman–Crippen MR) is 89.6 cm³/mol. The Kier molecular flexibility index (Phi) is 8.91. The van der Waals surface area contributed by atoms with E-state index in [2.05, 4.69) is 42.5 Å². The first-order valence-electron chi connectivity index (χ1n) is 6.56. The van der Waals surface area contributed by atoms with Crippen LogP contribution in [-0.4, -0.2) is 39.8 Å². The van der Waals surface area contributed by atoms with Crippen LogP contribution in [0.1, 0.15) is 12.0 Å². The van der Waals surface area contributed by atoms with E-state index >= 15 is 0 Å². The number of hydrogen-bond donors (Lipinski definition) is 2. The number of methoxy groups -OCH3 is 2. The Morgan fingerprint density at radius 2 is 1.86 bits per heavy atom. The smallest absolute Gasteiger partial charge is 0.221 e. The normalized spacial score (nSPS) is 10.5. The van der Waals surface area contributed by atoms with Crippen LogP contribution < -0.4 is 15.4 Å². The molecular weight excluding hydrogens is 404 g/mol. The third-order valence-electron chi connectivity index (χ3n) is 2.75. The lowest BCUT2D eigenvalue weighted by Crippen LogP contribution is -2.29. The fourth-order valence-electron chi connectivity index (χ4n) is 1.72. The van der Waals surface area contributed by atoms with Crippen LogP contribution in [0.3, 0.4) is 0 Å². The molecule has 0 aromatic heterocycles. The molecule has 0 spiro atoms. The number of nitrogens with one attached hydrogen (secondary N) is 2. The summed E-state index contributed by atoms with van der Waals surface area (Å²) in [5, 5.41) is 6.02. The van der Waals surface area contributed by atoms with Crippen LogP contribution in [0, 0.1) is 0 Å². The van der Waals surface area contributed by atoms with Gasteiger partial charge in [0.25, 0.3) is 0 Å². The second-order valence-electron chi connectivity index (χ2n) is 4.36. The first-order chi connectivity index (χ1) is 10.1.